The summed E-state index contributed by atoms with van der Waals surface area (Å²) in [4.78, 5) is 27.6. The van der Waals surface area contributed by atoms with Crippen molar-refractivity contribution in [2.45, 2.75) is 45.6 Å². The fourth-order valence-electron chi connectivity index (χ4n) is 3.81. The molecule has 1 aromatic heterocycles. The second kappa shape index (κ2) is 6.24. The first-order chi connectivity index (χ1) is 10.6. The van der Waals surface area contributed by atoms with Crippen LogP contribution in [0.1, 0.15) is 53.3 Å². The highest BCUT2D eigenvalue weighted by Gasteiger charge is 2.27. The first-order valence-corrected chi connectivity index (χ1v) is 8.32. The van der Waals surface area contributed by atoms with Gasteiger partial charge in [-0.3, -0.25) is 9.59 Å². The lowest BCUT2D eigenvalue weighted by molar-refractivity contribution is 0.0732. The smallest absolute Gasteiger partial charge is 0.264 e. The summed E-state index contributed by atoms with van der Waals surface area (Å²) >= 11 is 0. The van der Waals surface area contributed by atoms with Gasteiger partial charge in [0.05, 0.1) is 0 Å². The van der Waals surface area contributed by atoms with Gasteiger partial charge in [-0.25, -0.2) is 0 Å². The van der Waals surface area contributed by atoms with Crippen LogP contribution in [0.4, 0.5) is 0 Å². The van der Waals surface area contributed by atoms with E-state index in [0.717, 1.165) is 37.2 Å². The third-order valence-corrected chi connectivity index (χ3v) is 4.94. The number of nitrogens with one attached hydrogen (secondary N) is 1. The summed E-state index contributed by atoms with van der Waals surface area (Å²) in [6.45, 7) is 6.81. The number of carbonyl (C=O) groups is 1. The standard InChI is InChI=1S/C17H25N3O2/c1-12-11-13(2)20(14-5-3-4-6-14)17(22)15(12)16(21)19-9-7-18-8-10-19/h11,14,18H,3-10H2,1-2H3. The number of nitrogens with zero attached hydrogens (tertiary/aromatic N) is 2. The van der Waals surface area contributed by atoms with Crippen LogP contribution in [0.15, 0.2) is 10.9 Å². The number of hydrogen-bond donors (Lipinski definition) is 1. The van der Waals surface area contributed by atoms with Gasteiger partial charge in [-0.1, -0.05) is 12.8 Å². The Kier molecular flexibility index (Phi) is 4.34. The van der Waals surface area contributed by atoms with Gasteiger partial charge in [0.2, 0.25) is 0 Å². The molecule has 0 spiro atoms. The fraction of sp³-hybridized carbons (Fsp3) is 0.647. The van der Waals surface area contributed by atoms with Crippen molar-refractivity contribution in [3.63, 3.8) is 0 Å². The number of rotatable bonds is 2. The van der Waals surface area contributed by atoms with Gasteiger partial charge in [-0.15, -0.1) is 0 Å². The minimum absolute atomic E-state index is 0.0899. The maximum absolute atomic E-state index is 13.0. The molecule has 22 heavy (non-hydrogen) atoms. The SMILES string of the molecule is Cc1cc(C)n(C2CCCC2)c(=O)c1C(=O)N1CCNCC1. The molecule has 1 N–H and O–H groups in total. The van der Waals surface area contributed by atoms with E-state index in [-0.39, 0.29) is 17.5 Å². The lowest BCUT2D eigenvalue weighted by atomic mass is 10.1. The summed E-state index contributed by atoms with van der Waals surface area (Å²) in [5.41, 5.74) is 2.07. The summed E-state index contributed by atoms with van der Waals surface area (Å²) in [6.07, 6.45) is 4.44. The maximum Gasteiger partial charge on any atom is 0.264 e. The van der Waals surface area contributed by atoms with Gasteiger partial charge in [0, 0.05) is 37.9 Å². The average molecular weight is 303 g/mol. The quantitative estimate of drug-likeness (QED) is 0.903. The zero-order chi connectivity index (χ0) is 15.7. The Morgan fingerprint density at radius 3 is 2.45 bits per heavy atom. The minimum atomic E-state index is -0.101. The van der Waals surface area contributed by atoms with Gasteiger partial charge >= 0.3 is 0 Å². The summed E-state index contributed by atoms with van der Waals surface area (Å²) in [7, 11) is 0. The lowest BCUT2D eigenvalue weighted by Crippen LogP contribution is -2.48. The summed E-state index contributed by atoms with van der Waals surface area (Å²) in [5, 5.41) is 3.24. The number of pyridine rings is 1. The van der Waals surface area contributed by atoms with Crippen molar-refractivity contribution < 1.29 is 4.79 Å². The van der Waals surface area contributed by atoms with Gasteiger partial charge in [0.1, 0.15) is 5.56 Å². The minimum Gasteiger partial charge on any atom is -0.336 e. The van der Waals surface area contributed by atoms with E-state index < -0.39 is 0 Å². The molecule has 1 aliphatic carbocycles. The van der Waals surface area contributed by atoms with E-state index in [1.54, 1.807) is 4.90 Å². The molecular formula is C17H25N3O2. The number of hydrogen-bond acceptors (Lipinski definition) is 3. The van der Waals surface area contributed by atoms with Crippen LogP contribution in [-0.4, -0.2) is 41.6 Å². The fourth-order valence-corrected chi connectivity index (χ4v) is 3.81. The lowest BCUT2D eigenvalue weighted by Gasteiger charge is -2.28. The number of amides is 1. The van der Waals surface area contributed by atoms with Crippen molar-refractivity contribution in [1.82, 2.24) is 14.8 Å². The molecular weight excluding hydrogens is 278 g/mol. The third kappa shape index (κ3) is 2.70. The number of aryl methyl sites for hydroxylation is 2. The predicted octanol–water partition coefficient (Wildman–Crippen LogP) is 1.63. The van der Waals surface area contributed by atoms with Crippen molar-refractivity contribution in [2.24, 2.45) is 0 Å². The number of carbonyl (C=O) groups excluding carboxylic acids is 1. The van der Waals surface area contributed by atoms with E-state index in [1.165, 1.54) is 12.8 Å². The van der Waals surface area contributed by atoms with E-state index in [4.69, 9.17) is 0 Å². The molecule has 0 atom stereocenters. The van der Waals surface area contributed by atoms with Crippen LogP contribution in [-0.2, 0) is 0 Å². The van der Waals surface area contributed by atoms with Crippen LogP contribution in [0.5, 0.6) is 0 Å². The van der Waals surface area contributed by atoms with E-state index in [1.807, 2.05) is 24.5 Å². The van der Waals surface area contributed by atoms with Crippen LogP contribution in [0.25, 0.3) is 0 Å². The number of aromatic nitrogens is 1. The molecule has 0 unspecified atom stereocenters. The van der Waals surface area contributed by atoms with Crippen molar-refractivity contribution in [1.29, 1.82) is 0 Å². The van der Waals surface area contributed by atoms with Crippen LogP contribution < -0.4 is 10.9 Å². The van der Waals surface area contributed by atoms with Gasteiger partial charge in [-0.2, -0.15) is 0 Å². The van der Waals surface area contributed by atoms with E-state index in [2.05, 4.69) is 5.32 Å². The Morgan fingerprint density at radius 2 is 1.82 bits per heavy atom. The molecule has 0 radical (unpaired) electrons. The van der Waals surface area contributed by atoms with E-state index in [9.17, 15) is 9.59 Å². The molecule has 5 nitrogen and oxygen atoms in total. The molecule has 1 aliphatic heterocycles. The van der Waals surface area contributed by atoms with Crippen LogP contribution in [0, 0.1) is 13.8 Å². The van der Waals surface area contributed by atoms with Crippen molar-refractivity contribution in [3.05, 3.63) is 33.2 Å². The first-order valence-electron chi connectivity index (χ1n) is 8.32. The summed E-state index contributed by atoms with van der Waals surface area (Å²) < 4.78 is 1.87. The molecule has 2 fully saturated rings. The highest BCUT2D eigenvalue weighted by molar-refractivity contribution is 5.95. The van der Waals surface area contributed by atoms with Crippen molar-refractivity contribution in [2.75, 3.05) is 26.2 Å². The molecule has 120 valence electrons. The van der Waals surface area contributed by atoms with E-state index >= 15 is 0 Å². The third-order valence-electron chi connectivity index (χ3n) is 4.94. The topological polar surface area (TPSA) is 54.3 Å². The Morgan fingerprint density at radius 1 is 1.18 bits per heavy atom. The molecule has 1 saturated heterocycles. The van der Waals surface area contributed by atoms with Crippen LogP contribution in [0.3, 0.4) is 0 Å². The molecule has 1 amide bonds. The van der Waals surface area contributed by atoms with Gasteiger partial charge in [0.25, 0.3) is 11.5 Å². The average Bonchev–Trinajstić information content (AvgIpc) is 3.01. The van der Waals surface area contributed by atoms with Crippen LogP contribution in [0.2, 0.25) is 0 Å². The van der Waals surface area contributed by atoms with Gasteiger partial charge < -0.3 is 14.8 Å². The Labute approximate surface area is 131 Å². The molecule has 0 bridgehead atoms. The Hall–Kier alpha value is -1.62. The second-order valence-electron chi connectivity index (χ2n) is 6.50. The maximum atomic E-state index is 13.0. The molecule has 1 saturated carbocycles. The zero-order valence-electron chi connectivity index (χ0n) is 13.5. The monoisotopic (exact) mass is 303 g/mol. The van der Waals surface area contributed by atoms with Gasteiger partial charge in [0.15, 0.2) is 0 Å². The predicted molar refractivity (Wildman–Crippen MR) is 86.5 cm³/mol. The highest BCUT2D eigenvalue weighted by atomic mass is 16.2. The summed E-state index contributed by atoms with van der Waals surface area (Å²) in [5.74, 6) is -0.101. The van der Waals surface area contributed by atoms with Gasteiger partial charge in [-0.05, 0) is 38.3 Å². The van der Waals surface area contributed by atoms with E-state index in [0.29, 0.717) is 18.7 Å². The second-order valence-corrected chi connectivity index (χ2v) is 6.50. The Bertz CT molecular complexity index is 624. The van der Waals surface area contributed by atoms with Crippen molar-refractivity contribution >= 4 is 5.91 Å². The molecule has 3 rings (SSSR count). The van der Waals surface area contributed by atoms with Crippen LogP contribution >= 0.6 is 0 Å². The first kappa shape index (κ1) is 15.3. The summed E-state index contributed by atoms with van der Waals surface area (Å²) in [6, 6.07) is 2.26. The molecule has 1 aromatic rings. The molecule has 5 heteroatoms. The molecule has 2 heterocycles. The normalized spacial score (nSPS) is 19.6. The van der Waals surface area contributed by atoms with Crippen molar-refractivity contribution in [3.8, 4) is 0 Å². The largest absolute Gasteiger partial charge is 0.336 e. The Balaban J connectivity index is 2.01. The molecule has 2 aliphatic rings. The molecule has 0 aromatic carbocycles. The zero-order valence-corrected chi connectivity index (χ0v) is 13.5. The number of piperazine rings is 1. The highest BCUT2D eigenvalue weighted by Crippen LogP contribution is 2.29.